The molecule has 4 heteroatoms. The maximum Gasteiger partial charge on any atom is 0.331 e. The van der Waals surface area contributed by atoms with E-state index in [9.17, 15) is 4.79 Å². The Bertz CT molecular complexity index is 198. The third kappa shape index (κ3) is 6.07. The molecule has 0 radical (unpaired) electrons. The molecule has 4 nitrogen and oxygen atoms in total. The Hall–Kier alpha value is -1.13. The molecule has 0 heterocycles. The van der Waals surface area contributed by atoms with Crippen LogP contribution in [0.3, 0.4) is 0 Å². The smallest absolute Gasteiger partial charge is 0.331 e. The van der Waals surface area contributed by atoms with Crippen LogP contribution in [0.15, 0.2) is 24.8 Å². The molecule has 0 aromatic rings. The van der Waals surface area contributed by atoms with Gasteiger partial charge in [-0.1, -0.05) is 12.7 Å². The minimum absolute atomic E-state index is 0.105. The van der Waals surface area contributed by atoms with E-state index in [-0.39, 0.29) is 25.2 Å². The van der Waals surface area contributed by atoms with Crippen LogP contribution in [0.4, 0.5) is 0 Å². The van der Waals surface area contributed by atoms with Gasteiger partial charge in [0.1, 0.15) is 0 Å². The van der Waals surface area contributed by atoms with Crippen LogP contribution in [-0.4, -0.2) is 35.5 Å². The summed E-state index contributed by atoms with van der Waals surface area (Å²) >= 11 is 0. The van der Waals surface area contributed by atoms with Crippen molar-refractivity contribution in [1.29, 1.82) is 0 Å². The summed E-state index contributed by atoms with van der Waals surface area (Å²) in [5, 5.41) is 17.4. The number of ether oxygens (including phenoxy) is 1. The highest BCUT2D eigenvalue weighted by molar-refractivity contribution is 5.85. The van der Waals surface area contributed by atoms with Crippen molar-refractivity contribution < 1.29 is 19.7 Å². The van der Waals surface area contributed by atoms with Crippen LogP contribution in [0.1, 0.15) is 6.42 Å². The van der Waals surface area contributed by atoms with Crippen molar-refractivity contribution in [2.45, 2.75) is 12.5 Å². The SMILES string of the molecule is C=CC(O)COCCC(=C)C(=O)O. The first-order valence-corrected chi connectivity index (χ1v) is 3.87. The largest absolute Gasteiger partial charge is 0.478 e. The minimum Gasteiger partial charge on any atom is -0.478 e. The molecule has 0 saturated carbocycles. The second kappa shape index (κ2) is 6.39. The third-order valence-electron chi connectivity index (χ3n) is 1.41. The Kier molecular flexibility index (Phi) is 5.84. The predicted molar refractivity (Wildman–Crippen MR) is 48.4 cm³/mol. The Labute approximate surface area is 77.1 Å². The van der Waals surface area contributed by atoms with Crippen LogP contribution < -0.4 is 0 Å². The first kappa shape index (κ1) is 11.9. The van der Waals surface area contributed by atoms with Gasteiger partial charge in [-0.05, 0) is 0 Å². The lowest BCUT2D eigenvalue weighted by atomic mass is 10.2. The van der Waals surface area contributed by atoms with Gasteiger partial charge in [0.2, 0.25) is 0 Å². The van der Waals surface area contributed by atoms with Crippen molar-refractivity contribution in [2.24, 2.45) is 0 Å². The number of carboxylic acid groups (broad SMARTS) is 1. The van der Waals surface area contributed by atoms with Gasteiger partial charge in [-0.25, -0.2) is 4.79 Å². The number of aliphatic carboxylic acids is 1. The number of aliphatic hydroxyl groups excluding tert-OH is 1. The molecular formula is C9H14O4. The first-order valence-electron chi connectivity index (χ1n) is 3.87. The molecular weight excluding hydrogens is 172 g/mol. The molecule has 0 aromatic carbocycles. The number of hydrogen-bond donors (Lipinski definition) is 2. The number of carboxylic acids is 1. The van der Waals surface area contributed by atoms with Crippen molar-refractivity contribution in [1.82, 2.24) is 0 Å². The summed E-state index contributed by atoms with van der Waals surface area (Å²) in [6.07, 6.45) is 0.920. The van der Waals surface area contributed by atoms with Gasteiger partial charge in [0.15, 0.2) is 0 Å². The maximum atomic E-state index is 10.3. The van der Waals surface area contributed by atoms with E-state index in [1.165, 1.54) is 6.08 Å². The Morgan fingerprint density at radius 2 is 2.23 bits per heavy atom. The van der Waals surface area contributed by atoms with Crippen LogP contribution in [0.2, 0.25) is 0 Å². The molecule has 0 saturated heterocycles. The van der Waals surface area contributed by atoms with E-state index >= 15 is 0 Å². The van der Waals surface area contributed by atoms with E-state index in [0.29, 0.717) is 0 Å². The van der Waals surface area contributed by atoms with Gasteiger partial charge >= 0.3 is 5.97 Å². The van der Waals surface area contributed by atoms with Gasteiger partial charge in [0, 0.05) is 12.0 Å². The number of aliphatic hydroxyl groups is 1. The summed E-state index contributed by atoms with van der Waals surface area (Å²) in [6, 6.07) is 0. The summed E-state index contributed by atoms with van der Waals surface area (Å²) in [6.45, 7) is 7.07. The van der Waals surface area contributed by atoms with Crippen molar-refractivity contribution >= 4 is 5.97 Å². The van der Waals surface area contributed by atoms with Crippen LogP contribution in [-0.2, 0) is 9.53 Å². The minimum atomic E-state index is -1.02. The summed E-state index contributed by atoms with van der Waals surface area (Å²) in [5.74, 6) is -1.02. The van der Waals surface area contributed by atoms with Gasteiger partial charge in [-0.3, -0.25) is 0 Å². The molecule has 1 unspecified atom stereocenters. The summed E-state index contributed by atoms with van der Waals surface area (Å²) in [7, 11) is 0. The lowest BCUT2D eigenvalue weighted by Gasteiger charge is -2.06. The van der Waals surface area contributed by atoms with Crippen molar-refractivity contribution in [3.05, 3.63) is 24.8 Å². The fourth-order valence-electron chi connectivity index (χ4n) is 0.574. The fraction of sp³-hybridized carbons (Fsp3) is 0.444. The van der Waals surface area contributed by atoms with Crippen molar-refractivity contribution in [3.63, 3.8) is 0 Å². The zero-order valence-electron chi connectivity index (χ0n) is 7.40. The second-order valence-corrected chi connectivity index (χ2v) is 2.54. The van der Waals surface area contributed by atoms with E-state index in [1.54, 1.807) is 0 Å². The fourth-order valence-corrected chi connectivity index (χ4v) is 0.574. The quantitative estimate of drug-likeness (QED) is 0.347. The molecule has 0 aliphatic rings. The second-order valence-electron chi connectivity index (χ2n) is 2.54. The molecule has 0 aliphatic carbocycles. The number of hydrogen-bond acceptors (Lipinski definition) is 3. The average molecular weight is 186 g/mol. The summed E-state index contributed by atoms with van der Waals surface area (Å²) < 4.78 is 4.96. The van der Waals surface area contributed by atoms with Crippen LogP contribution in [0, 0.1) is 0 Å². The van der Waals surface area contributed by atoms with E-state index in [1.807, 2.05) is 0 Å². The standard InChI is InChI=1S/C9H14O4/c1-3-8(10)6-13-5-4-7(2)9(11)12/h3,8,10H,1-2,4-6H2,(H,11,12). The Balaban J connectivity index is 3.41. The van der Waals surface area contributed by atoms with E-state index in [0.717, 1.165) is 0 Å². The normalized spacial score (nSPS) is 12.1. The lowest BCUT2D eigenvalue weighted by molar-refractivity contribution is -0.132. The zero-order valence-corrected chi connectivity index (χ0v) is 7.40. The number of rotatable bonds is 7. The van der Waals surface area contributed by atoms with Gasteiger partial charge in [-0.2, -0.15) is 0 Å². The molecule has 13 heavy (non-hydrogen) atoms. The van der Waals surface area contributed by atoms with Gasteiger partial charge in [0.25, 0.3) is 0 Å². The van der Waals surface area contributed by atoms with Gasteiger partial charge in [0.05, 0.1) is 19.3 Å². The molecule has 0 bridgehead atoms. The molecule has 0 fully saturated rings. The van der Waals surface area contributed by atoms with E-state index in [2.05, 4.69) is 13.2 Å². The van der Waals surface area contributed by atoms with Crippen LogP contribution in [0.25, 0.3) is 0 Å². The predicted octanol–water partition coefficient (Wildman–Crippen LogP) is 0.581. The first-order chi connectivity index (χ1) is 6.07. The van der Waals surface area contributed by atoms with Crippen LogP contribution >= 0.6 is 0 Å². The Morgan fingerprint density at radius 1 is 1.62 bits per heavy atom. The topological polar surface area (TPSA) is 66.8 Å². The van der Waals surface area contributed by atoms with Gasteiger partial charge < -0.3 is 14.9 Å². The van der Waals surface area contributed by atoms with E-state index in [4.69, 9.17) is 14.9 Å². The highest BCUT2D eigenvalue weighted by Gasteiger charge is 2.03. The molecule has 0 aliphatic heterocycles. The van der Waals surface area contributed by atoms with Crippen LogP contribution in [0.5, 0.6) is 0 Å². The molecule has 2 N–H and O–H groups in total. The molecule has 0 spiro atoms. The highest BCUT2D eigenvalue weighted by atomic mass is 16.5. The molecule has 74 valence electrons. The summed E-state index contributed by atoms with van der Waals surface area (Å²) in [4.78, 5) is 10.3. The van der Waals surface area contributed by atoms with E-state index < -0.39 is 12.1 Å². The third-order valence-corrected chi connectivity index (χ3v) is 1.41. The van der Waals surface area contributed by atoms with Crippen molar-refractivity contribution in [3.8, 4) is 0 Å². The van der Waals surface area contributed by atoms with Gasteiger partial charge in [-0.15, -0.1) is 6.58 Å². The maximum absolute atomic E-state index is 10.3. The average Bonchev–Trinajstić information content (AvgIpc) is 2.11. The zero-order chi connectivity index (χ0) is 10.3. The molecule has 0 aromatic heterocycles. The molecule has 0 amide bonds. The lowest BCUT2D eigenvalue weighted by Crippen LogP contribution is -2.13. The molecule has 0 rings (SSSR count). The highest BCUT2D eigenvalue weighted by Crippen LogP contribution is 1.98. The molecule has 1 atom stereocenters. The number of carbonyl (C=O) groups is 1. The summed E-state index contributed by atoms with van der Waals surface area (Å²) in [5.41, 5.74) is 0.105. The van der Waals surface area contributed by atoms with Crippen molar-refractivity contribution in [2.75, 3.05) is 13.2 Å². The monoisotopic (exact) mass is 186 g/mol. The Morgan fingerprint density at radius 3 is 2.69 bits per heavy atom.